The van der Waals surface area contributed by atoms with Crippen molar-refractivity contribution in [3.05, 3.63) is 108 Å². The minimum Gasteiger partial charge on any atom is -0.385 e. The van der Waals surface area contributed by atoms with Crippen molar-refractivity contribution >= 4 is 35.9 Å². The number of nitrogens with zero attached hydrogens (tertiary/aromatic N) is 3. The van der Waals surface area contributed by atoms with E-state index in [1.165, 1.54) is 11.8 Å². The number of para-hydroxylation sites is 2. The van der Waals surface area contributed by atoms with Gasteiger partial charge in [-0.3, -0.25) is 4.62 Å². The molecule has 1 aliphatic heterocycles. The first-order valence-corrected chi connectivity index (χ1v) is 12.9. The number of rotatable bonds is 8. The molecule has 0 amide bonds. The molecule has 0 saturated carbocycles. The summed E-state index contributed by atoms with van der Waals surface area (Å²) in [6.07, 6.45) is 3.45. The second-order valence-corrected chi connectivity index (χ2v) is 9.98. The van der Waals surface area contributed by atoms with Gasteiger partial charge in [0.15, 0.2) is 0 Å². The smallest absolute Gasteiger partial charge is 0.385 e. The number of phosphoric ester groups is 1. The molecule has 0 unspecified atom stereocenters. The van der Waals surface area contributed by atoms with E-state index in [1.54, 1.807) is 60.7 Å². The van der Waals surface area contributed by atoms with Gasteiger partial charge in [-0.1, -0.05) is 65.4 Å². The molecule has 35 heavy (non-hydrogen) atoms. The Morgan fingerprint density at radius 2 is 1.46 bits per heavy atom. The first kappa shape index (κ1) is 24.2. The highest BCUT2D eigenvalue weighted by Crippen LogP contribution is 2.50. The minimum atomic E-state index is -4.16. The van der Waals surface area contributed by atoms with E-state index in [0.29, 0.717) is 27.0 Å². The molecule has 0 aliphatic carbocycles. The maximum absolute atomic E-state index is 13.4. The van der Waals surface area contributed by atoms with E-state index in [1.807, 2.05) is 55.4 Å². The van der Waals surface area contributed by atoms with Crippen molar-refractivity contribution in [3.8, 4) is 17.6 Å². The van der Waals surface area contributed by atoms with Gasteiger partial charge in [0.05, 0.1) is 5.57 Å². The molecule has 176 valence electrons. The lowest BCUT2D eigenvalue weighted by Crippen LogP contribution is -2.08. The van der Waals surface area contributed by atoms with Crippen molar-refractivity contribution in [2.24, 2.45) is 5.16 Å². The van der Waals surface area contributed by atoms with Crippen molar-refractivity contribution in [1.82, 2.24) is 0 Å². The fraction of sp³-hybridized carbons (Fsp3) is 0.0769. The Balaban J connectivity index is 1.54. The van der Waals surface area contributed by atoms with Gasteiger partial charge < -0.3 is 13.9 Å². The van der Waals surface area contributed by atoms with Crippen LogP contribution in [-0.2, 0) is 9.19 Å². The van der Waals surface area contributed by atoms with Crippen LogP contribution in [0.25, 0.3) is 5.57 Å². The van der Waals surface area contributed by atoms with Gasteiger partial charge in [-0.2, -0.15) is 9.83 Å². The normalized spacial score (nSPS) is 15.4. The predicted octanol–water partition coefficient (Wildman–Crippen LogP) is 6.89. The molecule has 1 aliphatic rings. The first-order chi connectivity index (χ1) is 17.0. The third-order valence-electron chi connectivity index (χ3n) is 4.77. The van der Waals surface area contributed by atoms with Crippen LogP contribution in [0.4, 0.5) is 5.69 Å². The molecule has 0 radical (unpaired) electrons. The number of allylic oxidation sites excluding steroid dienone is 2. The third-order valence-corrected chi connectivity index (χ3v) is 6.90. The summed E-state index contributed by atoms with van der Waals surface area (Å²) in [6.45, 7) is 0. The molecule has 0 fully saturated rings. The third kappa shape index (κ3) is 6.36. The number of anilines is 1. The quantitative estimate of drug-likeness (QED) is 0.188. The van der Waals surface area contributed by atoms with Gasteiger partial charge in [0.1, 0.15) is 22.6 Å². The fourth-order valence-electron chi connectivity index (χ4n) is 3.06. The van der Waals surface area contributed by atoms with E-state index in [4.69, 9.17) is 13.7 Å². The molecule has 3 aromatic carbocycles. The molecule has 0 spiro atoms. The summed E-state index contributed by atoms with van der Waals surface area (Å²) >= 11 is 1.23. The zero-order valence-corrected chi connectivity index (χ0v) is 20.8. The van der Waals surface area contributed by atoms with Crippen molar-refractivity contribution in [2.75, 3.05) is 19.0 Å². The number of benzene rings is 3. The zero-order chi connectivity index (χ0) is 24.7. The average molecular weight is 504 g/mol. The van der Waals surface area contributed by atoms with Crippen LogP contribution in [0.5, 0.6) is 11.5 Å². The van der Waals surface area contributed by atoms with Gasteiger partial charge in [-0.15, -0.1) is 0 Å². The van der Waals surface area contributed by atoms with Crippen LogP contribution in [0.2, 0.25) is 0 Å². The van der Waals surface area contributed by atoms with Crippen LogP contribution in [0.3, 0.4) is 0 Å². The van der Waals surface area contributed by atoms with Gasteiger partial charge in [0.2, 0.25) is 0 Å². The number of hydrogen-bond acceptors (Lipinski definition) is 8. The van der Waals surface area contributed by atoms with Crippen LogP contribution in [0.15, 0.2) is 107 Å². The molecule has 0 N–H and O–H groups in total. The summed E-state index contributed by atoms with van der Waals surface area (Å²) in [5.74, 6) is 0.630. The maximum Gasteiger partial charge on any atom is 0.668 e. The van der Waals surface area contributed by atoms with Gasteiger partial charge in [0, 0.05) is 24.7 Å². The van der Waals surface area contributed by atoms with Crippen molar-refractivity contribution in [2.45, 2.75) is 0 Å². The molecule has 0 aromatic heterocycles. The number of hydrogen-bond donors (Lipinski definition) is 0. The lowest BCUT2D eigenvalue weighted by Gasteiger charge is -2.16. The van der Waals surface area contributed by atoms with E-state index < -0.39 is 7.82 Å². The molecule has 0 bridgehead atoms. The van der Waals surface area contributed by atoms with E-state index >= 15 is 0 Å². The largest absolute Gasteiger partial charge is 0.668 e. The number of nitriles is 1. The Morgan fingerprint density at radius 1 is 0.886 bits per heavy atom. The summed E-state index contributed by atoms with van der Waals surface area (Å²) in [6, 6.07) is 27.1. The molecule has 1 heterocycles. The molecule has 0 atom stereocenters. The summed E-state index contributed by atoms with van der Waals surface area (Å²) in [5, 5.41) is 14.2. The van der Waals surface area contributed by atoms with Gasteiger partial charge in [-0.25, -0.2) is 0 Å². The monoisotopic (exact) mass is 503 g/mol. The number of phosphoric acid groups is 1. The van der Waals surface area contributed by atoms with Crippen LogP contribution >= 0.6 is 19.6 Å². The highest BCUT2D eigenvalue weighted by Gasteiger charge is 2.34. The predicted molar refractivity (Wildman–Crippen MR) is 140 cm³/mol. The van der Waals surface area contributed by atoms with Crippen LogP contribution < -0.4 is 13.9 Å². The van der Waals surface area contributed by atoms with Gasteiger partial charge >= 0.3 is 7.82 Å². The fourth-order valence-corrected chi connectivity index (χ4v) is 5.01. The lowest BCUT2D eigenvalue weighted by molar-refractivity contribution is 0.219. The molecule has 4 rings (SSSR count). The van der Waals surface area contributed by atoms with Gasteiger partial charge in [-0.05, 0) is 54.1 Å². The second-order valence-electron chi connectivity index (χ2n) is 7.49. The summed E-state index contributed by atoms with van der Waals surface area (Å²) in [7, 11) is -0.245. The van der Waals surface area contributed by atoms with E-state index in [9.17, 15) is 9.83 Å². The van der Waals surface area contributed by atoms with Gasteiger partial charge in [0.25, 0.3) is 0 Å². The Bertz CT molecular complexity index is 1300. The standard InChI is InChI=1S/C26H22N3O4PS/c1-29(2)21-15-13-20(14-16-21)24(19-27)25-17-18-26(35-25)28-33-34(30,31-22-9-5-3-6-10-22)32-23-11-7-4-8-12-23/h3-18H,1-2H3. The van der Waals surface area contributed by atoms with Crippen LogP contribution in [0.1, 0.15) is 5.56 Å². The average Bonchev–Trinajstić information content (AvgIpc) is 3.33. The summed E-state index contributed by atoms with van der Waals surface area (Å²) in [5.41, 5.74) is 2.33. The molecule has 7 nitrogen and oxygen atoms in total. The zero-order valence-electron chi connectivity index (χ0n) is 19.1. The van der Waals surface area contributed by atoms with E-state index in [0.717, 1.165) is 11.3 Å². The SMILES string of the molecule is CN(C)c1ccc(C(C#N)=C2C=CC(=NOP(=O)(Oc3ccccc3)Oc3ccccc3)S2)cc1. The Kier molecular flexibility index (Phi) is 7.61. The van der Waals surface area contributed by atoms with Crippen molar-refractivity contribution < 1.29 is 18.2 Å². The first-order valence-electron chi connectivity index (χ1n) is 10.6. The maximum atomic E-state index is 13.4. The Labute approximate surface area is 208 Å². The van der Waals surface area contributed by atoms with Crippen LogP contribution in [0, 0.1) is 11.3 Å². The Morgan fingerprint density at radius 3 is 1.97 bits per heavy atom. The summed E-state index contributed by atoms with van der Waals surface area (Å²) < 4.78 is 29.9. The number of thioether (sulfide) groups is 1. The molecule has 3 aromatic rings. The highest BCUT2D eigenvalue weighted by atomic mass is 32.2. The molecule has 0 saturated heterocycles. The topological polar surface area (TPSA) is 84.2 Å². The molecular weight excluding hydrogens is 481 g/mol. The molecular formula is C26H22N3O4PS. The highest BCUT2D eigenvalue weighted by molar-refractivity contribution is 8.18. The molecule has 9 heteroatoms. The second kappa shape index (κ2) is 11.0. The van der Waals surface area contributed by atoms with Crippen molar-refractivity contribution in [1.29, 1.82) is 5.26 Å². The van der Waals surface area contributed by atoms with E-state index in [-0.39, 0.29) is 0 Å². The summed E-state index contributed by atoms with van der Waals surface area (Å²) in [4.78, 5) is 2.69. The minimum absolute atomic E-state index is 0.315. The van der Waals surface area contributed by atoms with Crippen LogP contribution in [-0.4, -0.2) is 19.1 Å². The lowest BCUT2D eigenvalue weighted by atomic mass is 10.1. The Hall–Kier alpha value is -3.92. The number of oxime groups is 1. The van der Waals surface area contributed by atoms with Crippen molar-refractivity contribution in [3.63, 3.8) is 0 Å². The van der Waals surface area contributed by atoms with E-state index in [2.05, 4.69) is 11.2 Å².